The van der Waals surface area contributed by atoms with E-state index in [-0.39, 0.29) is 0 Å². The molecule has 0 spiro atoms. The molecule has 10 aromatic carbocycles. The van der Waals surface area contributed by atoms with Gasteiger partial charge in [0.15, 0.2) is 16.9 Å². The van der Waals surface area contributed by atoms with Gasteiger partial charge in [-0.05, 0) is 117 Å². The Morgan fingerprint density at radius 2 is 1.04 bits per heavy atom. The maximum Gasteiger partial charge on any atom is 0.187 e. The lowest BCUT2D eigenvalue weighted by molar-refractivity contribution is 0.666. The lowest BCUT2D eigenvalue weighted by Crippen LogP contribution is -2.17. The second-order valence-electron chi connectivity index (χ2n) is 17.8. The van der Waals surface area contributed by atoms with Crippen molar-refractivity contribution in [3.05, 3.63) is 222 Å². The molecule has 0 unspecified atom stereocenters. The fourth-order valence-corrected chi connectivity index (χ4v) is 10.8. The summed E-state index contributed by atoms with van der Waals surface area (Å²) in [5, 5.41) is 18.5. The molecular formula is C61H38N4O2. The van der Waals surface area contributed by atoms with E-state index in [1.54, 1.807) is 0 Å². The third-order valence-electron chi connectivity index (χ3n) is 13.8. The second-order valence-corrected chi connectivity index (χ2v) is 17.8. The highest BCUT2D eigenvalue weighted by molar-refractivity contribution is 6.16. The maximum absolute atomic E-state index is 9.72. The van der Waals surface area contributed by atoms with Gasteiger partial charge in [0.2, 0.25) is 0 Å². The zero-order chi connectivity index (χ0) is 45.0. The molecule has 0 N–H and O–H groups in total. The molecule has 6 heteroatoms. The molecule has 67 heavy (non-hydrogen) atoms. The smallest absolute Gasteiger partial charge is 0.187 e. The molecule has 0 amide bonds. The molecule has 0 atom stereocenters. The minimum atomic E-state index is -0.401. The monoisotopic (exact) mass is 858 g/mol. The van der Waals surface area contributed by atoms with E-state index in [4.69, 9.17) is 15.4 Å². The van der Waals surface area contributed by atoms with Gasteiger partial charge in [0.05, 0.1) is 35.3 Å². The Morgan fingerprint density at radius 3 is 1.69 bits per heavy atom. The summed E-state index contributed by atoms with van der Waals surface area (Å²) < 4.78 is 13.3. The number of hydrogen-bond acceptors (Lipinski definition) is 5. The summed E-state index contributed by atoms with van der Waals surface area (Å²) in [6.45, 7) is 12.4. The molecule has 0 fully saturated rings. The van der Waals surface area contributed by atoms with Crippen LogP contribution in [0.2, 0.25) is 0 Å². The summed E-state index contributed by atoms with van der Waals surface area (Å²) in [5.41, 5.74) is 14.8. The molecule has 314 valence electrons. The van der Waals surface area contributed by atoms with Crippen LogP contribution in [0.5, 0.6) is 0 Å². The molecule has 0 bridgehead atoms. The Kier molecular flexibility index (Phi) is 8.28. The molecule has 0 saturated heterocycles. The van der Waals surface area contributed by atoms with Gasteiger partial charge >= 0.3 is 0 Å². The number of para-hydroxylation sites is 4. The van der Waals surface area contributed by atoms with E-state index in [2.05, 4.69) is 150 Å². The molecule has 2 heterocycles. The lowest BCUT2D eigenvalue weighted by atomic mass is 9.79. The predicted molar refractivity (Wildman–Crippen MR) is 274 cm³/mol. The van der Waals surface area contributed by atoms with Crippen molar-refractivity contribution in [1.82, 2.24) is 0 Å². The zero-order valence-corrected chi connectivity index (χ0v) is 36.6. The molecule has 13 rings (SSSR count). The lowest BCUT2D eigenvalue weighted by Gasteiger charge is -2.30. The fraction of sp³-hybridized carbons (Fsp3) is 0.0492. The average Bonchev–Trinajstić information content (AvgIpc) is 4.03. The molecule has 0 saturated carbocycles. The molecule has 12 aromatic rings. The van der Waals surface area contributed by atoms with Gasteiger partial charge in [-0.2, -0.15) is 5.26 Å². The van der Waals surface area contributed by atoms with Crippen LogP contribution in [-0.4, -0.2) is 0 Å². The molecule has 1 aliphatic carbocycles. The number of rotatable bonds is 6. The van der Waals surface area contributed by atoms with Gasteiger partial charge in [-0.3, -0.25) is 0 Å². The number of nitriles is 1. The molecular weight excluding hydrogens is 821 g/mol. The molecule has 6 nitrogen and oxygen atoms in total. The second kappa shape index (κ2) is 14.5. The van der Waals surface area contributed by atoms with Crippen molar-refractivity contribution in [3.63, 3.8) is 0 Å². The summed E-state index contributed by atoms with van der Waals surface area (Å²) in [5.74, 6) is 0. The predicted octanol–water partition coefficient (Wildman–Crippen LogP) is 17.5. The number of nitrogens with zero attached hydrogens (tertiary/aromatic N) is 4. The van der Waals surface area contributed by atoms with Gasteiger partial charge in [-0.1, -0.05) is 129 Å². The maximum atomic E-state index is 9.72. The Hall–Kier alpha value is -9.10. The van der Waals surface area contributed by atoms with Crippen molar-refractivity contribution in [3.8, 4) is 17.2 Å². The van der Waals surface area contributed by atoms with Crippen LogP contribution in [0.3, 0.4) is 0 Å². The van der Waals surface area contributed by atoms with Gasteiger partial charge in [-0.25, -0.2) is 4.85 Å². The fourth-order valence-electron chi connectivity index (χ4n) is 10.8. The van der Waals surface area contributed by atoms with Crippen LogP contribution >= 0.6 is 0 Å². The van der Waals surface area contributed by atoms with E-state index in [0.29, 0.717) is 11.3 Å². The van der Waals surface area contributed by atoms with E-state index in [0.717, 1.165) is 88.8 Å². The van der Waals surface area contributed by atoms with Crippen molar-refractivity contribution < 1.29 is 8.83 Å². The zero-order valence-electron chi connectivity index (χ0n) is 36.6. The minimum Gasteiger partial charge on any atom is -0.454 e. The third-order valence-corrected chi connectivity index (χ3v) is 13.8. The van der Waals surface area contributed by atoms with Crippen molar-refractivity contribution >= 4 is 105 Å². The number of hydrogen-bond donors (Lipinski definition) is 0. The Bertz CT molecular complexity index is 4110. The van der Waals surface area contributed by atoms with Gasteiger partial charge < -0.3 is 18.6 Å². The van der Waals surface area contributed by atoms with Gasteiger partial charge in [0, 0.05) is 49.4 Å². The SMILES string of the molecule is [C-]#[N+]c1ccc(N(c2cc3c(c4ccccc24)-c2ccc4cc(N(c5ccc(C#N)cc5)c5cccc6c5oc5ccccc56)ccc4c2C3(C)C)c2cccc3c2oc2ccccc23)cc1. The topological polar surface area (TPSA) is 60.9 Å². The number of benzene rings is 10. The quantitative estimate of drug-likeness (QED) is 0.156. The first-order valence-electron chi connectivity index (χ1n) is 22.4. The summed E-state index contributed by atoms with van der Waals surface area (Å²) in [6.07, 6.45) is 0. The summed E-state index contributed by atoms with van der Waals surface area (Å²) in [4.78, 5) is 8.27. The number of furan rings is 2. The normalized spacial score (nSPS) is 12.7. The first-order chi connectivity index (χ1) is 32.9. The van der Waals surface area contributed by atoms with E-state index in [1.807, 2.05) is 78.9 Å². The third kappa shape index (κ3) is 5.67. The molecule has 0 aliphatic heterocycles. The van der Waals surface area contributed by atoms with Crippen LogP contribution in [0.25, 0.3) is 81.4 Å². The molecule has 1 aliphatic rings. The van der Waals surface area contributed by atoms with Gasteiger partial charge in [0.25, 0.3) is 0 Å². The van der Waals surface area contributed by atoms with E-state index < -0.39 is 5.41 Å². The first kappa shape index (κ1) is 38.4. The van der Waals surface area contributed by atoms with Crippen molar-refractivity contribution in [2.24, 2.45) is 0 Å². The van der Waals surface area contributed by atoms with Crippen LogP contribution in [0.15, 0.2) is 203 Å². The standard InChI is InChI=1S/C61H38N4O2/c1-61(2)51-35-54(65(41-29-25-39(63-3)26-30-41)53-19-11-17-49-46-14-7-9-21-56(46)67-60(49)53)44-12-4-5-15-47(44)57(51)50-32-24-38-34-42(31-33-43(38)58(50)61)64(40-27-22-37(36-62)23-28-40)52-18-10-16-48-45-13-6-8-20-55(45)66-59(48)52/h4-35H,1-2H3. The largest absolute Gasteiger partial charge is 0.454 e. The first-order valence-corrected chi connectivity index (χ1v) is 22.4. The highest BCUT2D eigenvalue weighted by Crippen LogP contribution is 2.57. The molecule has 2 aromatic heterocycles. The van der Waals surface area contributed by atoms with Gasteiger partial charge in [-0.15, -0.1) is 0 Å². The average molecular weight is 859 g/mol. The Morgan fingerprint density at radius 1 is 0.493 bits per heavy atom. The van der Waals surface area contributed by atoms with Crippen LogP contribution < -0.4 is 9.80 Å². The number of anilines is 6. The van der Waals surface area contributed by atoms with Crippen LogP contribution in [-0.2, 0) is 5.41 Å². The summed E-state index contributed by atoms with van der Waals surface area (Å²) >= 11 is 0. The Labute approximate surface area is 386 Å². The van der Waals surface area contributed by atoms with E-state index >= 15 is 0 Å². The minimum absolute atomic E-state index is 0.401. The van der Waals surface area contributed by atoms with Crippen molar-refractivity contribution in [2.45, 2.75) is 19.3 Å². The van der Waals surface area contributed by atoms with Crippen LogP contribution in [0.1, 0.15) is 30.5 Å². The Balaban J connectivity index is 1.01. The van der Waals surface area contributed by atoms with Crippen molar-refractivity contribution in [1.29, 1.82) is 5.26 Å². The highest BCUT2D eigenvalue weighted by Gasteiger charge is 2.39. The van der Waals surface area contributed by atoms with Gasteiger partial charge in [0.1, 0.15) is 11.2 Å². The van der Waals surface area contributed by atoms with E-state index in [1.165, 1.54) is 33.0 Å². The van der Waals surface area contributed by atoms with E-state index in [9.17, 15) is 5.26 Å². The van der Waals surface area contributed by atoms with Crippen LogP contribution in [0, 0.1) is 17.9 Å². The molecule has 0 radical (unpaired) electrons. The highest BCUT2D eigenvalue weighted by atomic mass is 16.3. The summed E-state index contributed by atoms with van der Waals surface area (Å²) in [7, 11) is 0. The number of fused-ring (bicyclic) bond motifs is 13. The summed E-state index contributed by atoms with van der Waals surface area (Å²) in [6, 6.07) is 69.4. The van der Waals surface area contributed by atoms with Crippen LogP contribution in [0.4, 0.5) is 39.8 Å². The van der Waals surface area contributed by atoms with Crippen molar-refractivity contribution in [2.75, 3.05) is 9.80 Å².